The Kier molecular flexibility index (Phi) is 6.71. The lowest BCUT2D eigenvalue weighted by Crippen LogP contribution is -2.28. The zero-order valence-electron chi connectivity index (χ0n) is 16.2. The van der Waals surface area contributed by atoms with Crippen molar-refractivity contribution in [2.24, 2.45) is 0 Å². The molecule has 148 valence electrons. The molecule has 1 aliphatic rings. The Bertz CT molecular complexity index is 839. The number of methoxy groups -OCH3 is 1. The third-order valence-corrected chi connectivity index (χ3v) is 4.74. The summed E-state index contributed by atoms with van der Waals surface area (Å²) in [6, 6.07) is 13.5. The molecule has 0 aliphatic carbocycles. The molecule has 28 heavy (non-hydrogen) atoms. The fourth-order valence-electron chi connectivity index (χ4n) is 3.10. The first-order valence-electron chi connectivity index (χ1n) is 9.35. The molecule has 0 spiro atoms. The summed E-state index contributed by atoms with van der Waals surface area (Å²) in [5.74, 6) is 1.61. The predicted octanol–water partition coefficient (Wildman–Crippen LogP) is 3.71. The van der Waals surface area contributed by atoms with E-state index in [4.69, 9.17) is 21.7 Å². The van der Waals surface area contributed by atoms with Gasteiger partial charge in [-0.25, -0.2) is 0 Å². The topological polar surface area (TPSA) is 62.8 Å². The Morgan fingerprint density at radius 3 is 2.61 bits per heavy atom. The number of rotatable bonds is 7. The molecule has 1 fully saturated rings. The summed E-state index contributed by atoms with van der Waals surface area (Å²) < 4.78 is 10.9. The van der Waals surface area contributed by atoms with Crippen LogP contribution in [0.15, 0.2) is 42.5 Å². The van der Waals surface area contributed by atoms with E-state index in [0.29, 0.717) is 30.4 Å². The first-order valence-corrected chi connectivity index (χ1v) is 9.76. The van der Waals surface area contributed by atoms with E-state index in [9.17, 15) is 4.79 Å². The number of nitrogens with one attached hydrogen (secondary N) is 2. The molecule has 0 atom stereocenters. The zero-order chi connectivity index (χ0) is 19.9. The van der Waals surface area contributed by atoms with Gasteiger partial charge in [-0.05, 0) is 67.5 Å². The molecule has 2 N–H and O–H groups in total. The molecule has 1 saturated heterocycles. The van der Waals surface area contributed by atoms with Crippen molar-refractivity contribution in [1.29, 1.82) is 0 Å². The number of benzene rings is 2. The van der Waals surface area contributed by atoms with Crippen LogP contribution in [0, 0.1) is 0 Å². The van der Waals surface area contributed by atoms with E-state index in [2.05, 4.69) is 10.6 Å². The largest absolute Gasteiger partial charge is 0.493 e. The van der Waals surface area contributed by atoms with Crippen LogP contribution >= 0.6 is 12.2 Å². The molecule has 0 radical (unpaired) electrons. The van der Waals surface area contributed by atoms with E-state index >= 15 is 0 Å². The number of hydrogen-bond acceptors (Lipinski definition) is 4. The van der Waals surface area contributed by atoms with Crippen LogP contribution < -0.4 is 25.0 Å². The highest BCUT2D eigenvalue weighted by atomic mass is 32.1. The van der Waals surface area contributed by atoms with Crippen molar-refractivity contribution in [3.63, 3.8) is 0 Å². The number of hydrogen-bond donors (Lipinski definition) is 2. The second-order valence-corrected chi connectivity index (χ2v) is 6.83. The van der Waals surface area contributed by atoms with E-state index in [1.807, 2.05) is 54.3 Å². The highest BCUT2D eigenvalue weighted by Crippen LogP contribution is 2.28. The molecule has 2 aromatic carbocycles. The minimum absolute atomic E-state index is 0.184. The molecular formula is C21H25N3O3S. The monoisotopic (exact) mass is 399 g/mol. The molecule has 6 nitrogen and oxygen atoms in total. The first kappa shape index (κ1) is 19.9. The van der Waals surface area contributed by atoms with Gasteiger partial charge < -0.3 is 25.0 Å². The van der Waals surface area contributed by atoms with E-state index in [1.165, 1.54) is 0 Å². The van der Waals surface area contributed by atoms with Crippen molar-refractivity contribution in [1.82, 2.24) is 5.32 Å². The molecule has 1 heterocycles. The average Bonchev–Trinajstić information content (AvgIpc) is 3.13. The Labute approximate surface area is 170 Å². The highest BCUT2D eigenvalue weighted by Gasteiger charge is 2.21. The fourth-order valence-corrected chi connectivity index (χ4v) is 3.29. The summed E-state index contributed by atoms with van der Waals surface area (Å²) >= 11 is 5.38. The lowest BCUT2D eigenvalue weighted by molar-refractivity contribution is -0.117. The second-order valence-electron chi connectivity index (χ2n) is 6.42. The van der Waals surface area contributed by atoms with Crippen molar-refractivity contribution >= 4 is 34.6 Å². The van der Waals surface area contributed by atoms with Gasteiger partial charge in [0.1, 0.15) is 0 Å². The minimum Gasteiger partial charge on any atom is -0.493 e. The summed E-state index contributed by atoms with van der Waals surface area (Å²) in [6.07, 6.45) is 1.55. The quantitative estimate of drug-likeness (QED) is 0.692. The maximum absolute atomic E-state index is 11.8. The molecule has 7 heteroatoms. The van der Waals surface area contributed by atoms with Gasteiger partial charge in [0.05, 0.1) is 13.7 Å². The fraction of sp³-hybridized carbons (Fsp3) is 0.333. The zero-order valence-corrected chi connectivity index (χ0v) is 17.0. The highest BCUT2D eigenvalue weighted by molar-refractivity contribution is 7.80. The van der Waals surface area contributed by atoms with Crippen molar-refractivity contribution in [2.45, 2.75) is 26.3 Å². The summed E-state index contributed by atoms with van der Waals surface area (Å²) in [6.45, 7) is 3.87. The molecule has 1 aliphatic heterocycles. The number of anilines is 2. The predicted molar refractivity (Wildman–Crippen MR) is 115 cm³/mol. The average molecular weight is 400 g/mol. The maximum Gasteiger partial charge on any atom is 0.227 e. The summed E-state index contributed by atoms with van der Waals surface area (Å²) in [5.41, 5.74) is 2.84. The van der Waals surface area contributed by atoms with Gasteiger partial charge >= 0.3 is 0 Å². The molecule has 0 aromatic heterocycles. The number of carbonyl (C=O) groups excluding carboxylic acids is 1. The van der Waals surface area contributed by atoms with Crippen molar-refractivity contribution in [3.8, 4) is 11.5 Å². The van der Waals surface area contributed by atoms with Crippen molar-refractivity contribution in [3.05, 3.63) is 48.0 Å². The smallest absolute Gasteiger partial charge is 0.227 e. The third kappa shape index (κ3) is 4.92. The lowest BCUT2D eigenvalue weighted by atomic mass is 10.2. The van der Waals surface area contributed by atoms with Crippen LogP contribution in [-0.2, 0) is 11.3 Å². The van der Waals surface area contributed by atoms with Gasteiger partial charge in [0.25, 0.3) is 0 Å². The number of thiocarbonyl (C=S) groups is 1. The van der Waals surface area contributed by atoms with Gasteiger partial charge in [-0.1, -0.05) is 6.07 Å². The Hall–Kier alpha value is -2.80. The molecule has 3 rings (SSSR count). The maximum atomic E-state index is 11.8. The Morgan fingerprint density at radius 1 is 1.18 bits per heavy atom. The summed E-state index contributed by atoms with van der Waals surface area (Å²) in [4.78, 5) is 13.6. The van der Waals surface area contributed by atoms with Crippen molar-refractivity contribution < 1.29 is 14.3 Å². The molecule has 1 amide bonds. The van der Waals surface area contributed by atoms with Crippen LogP contribution in [0.5, 0.6) is 11.5 Å². The van der Waals surface area contributed by atoms with Crippen LogP contribution in [0.25, 0.3) is 0 Å². The molecule has 0 bridgehead atoms. The Balaban J connectivity index is 1.54. The molecule has 0 unspecified atom stereocenters. The van der Waals surface area contributed by atoms with Gasteiger partial charge in [-0.2, -0.15) is 0 Å². The molecule has 2 aromatic rings. The standard InChI is InChI=1S/C21H25N3O3S/c1-3-27-19-13-15(6-11-18(19)26-2)14-22-21(28)23-16-7-9-17(10-8-16)24-12-4-5-20(24)25/h6-11,13H,3-5,12,14H2,1-2H3,(H2,22,23,28). The van der Waals surface area contributed by atoms with Crippen LogP contribution in [0.3, 0.4) is 0 Å². The SMILES string of the molecule is CCOc1cc(CNC(=S)Nc2ccc(N3CCCC3=O)cc2)ccc1OC. The minimum atomic E-state index is 0.184. The number of ether oxygens (including phenoxy) is 2. The van der Waals surface area contributed by atoms with Crippen LogP contribution in [0.2, 0.25) is 0 Å². The number of amides is 1. The summed E-state index contributed by atoms with van der Waals surface area (Å²) in [7, 11) is 1.62. The van der Waals surface area contributed by atoms with Crippen LogP contribution in [0.4, 0.5) is 11.4 Å². The number of carbonyl (C=O) groups is 1. The van der Waals surface area contributed by atoms with Gasteiger partial charge in [0, 0.05) is 30.9 Å². The summed E-state index contributed by atoms with van der Waals surface area (Å²) in [5, 5.41) is 6.88. The van der Waals surface area contributed by atoms with Crippen molar-refractivity contribution in [2.75, 3.05) is 30.5 Å². The first-order chi connectivity index (χ1) is 13.6. The third-order valence-electron chi connectivity index (χ3n) is 4.49. The van der Waals surface area contributed by atoms with E-state index in [0.717, 1.165) is 35.7 Å². The van der Waals surface area contributed by atoms with Gasteiger partial charge in [0.15, 0.2) is 16.6 Å². The normalized spacial score (nSPS) is 13.4. The van der Waals surface area contributed by atoms with Gasteiger partial charge in [0.2, 0.25) is 5.91 Å². The van der Waals surface area contributed by atoms with Gasteiger partial charge in [-0.15, -0.1) is 0 Å². The van der Waals surface area contributed by atoms with Crippen LogP contribution in [0.1, 0.15) is 25.3 Å². The lowest BCUT2D eigenvalue weighted by Gasteiger charge is -2.17. The second kappa shape index (κ2) is 9.41. The molecule has 0 saturated carbocycles. The van der Waals surface area contributed by atoms with E-state index < -0.39 is 0 Å². The van der Waals surface area contributed by atoms with E-state index in [1.54, 1.807) is 7.11 Å². The van der Waals surface area contributed by atoms with Gasteiger partial charge in [-0.3, -0.25) is 4.79 Å². The number of nitrogens with zero attached hydrogens (tertiary/aromatic N) is 1. The van der Waals surface area contributed by atoms with Crippen LogP contribution in [-0.4, -0.2) is 31.3 Å². The Morgan fingerprint density at radius 2 is 1.96 bits per heavy atom. The van der Waals surface area contributed by atoms with E-state index in [-0.39, 0.29) is 5.91 Å². The molecular weight excluding hydrogens is 374 g/mol.